The SMILES string of the molecule is O=C(C[C@@H](c1ccc(F)cc1)c1cc(F)cc(F)c1)Nc1cncc(F)c1CC[C@]1(S(=O)(=O)c2ccc(-c3ccccn3)s2)CNCCN1. The average molecular weight is 710 g/mol. The second kappa shape index (κ2) is 14.5. The second-order valence-electron chi connectivity index (χ2n) is 11.6. The highest BCUT2D eigenvalue weighted by atomic mass is 32.2. The Balaban J connectivity index is 1.25. The third-order valence-corrected chi connectivity index (χ3v) is 12.4. The molecule has 1 fully saturated rings. The van der Waals surface area contributed by atoms with Gasteiger partial charge in [-0.3, -0.25) is 20.1 Å². The molecule has 8 nitrogen and oxygen atoms in total. The Morgan fingerprint density at radius 3 is 2.39 bits per heavy atom. The Hall–Kier alpha value is -4.50. The molecule has 0 unspecified atom stereocenters. The molecule has 0 saturated carbocycles. The lowest BCUT2D eigenvalue weighted by molar-refractivity contribution is -0.116. The standard InChI is InChI=1S/C35H31F4N5O3S2/c36-24-6-4-22(5-7-24)28(23-15-25(37)17-26(38)16-23)18-33(45)44-31-20-41-19-29(39)27(31)10-11-35(21-40-13-14-43-35)49(46,47)34-9-8-32(48-34)30-3-1-2-12-42-30/h1-9,12,15-17,19-20,28,40,43H,10-11,13-14,18,21H2,(H,44,45)/t28-,35-/m0/s1. The first kappa shape index (κ1) is 34.4. The molecular weight excluding hydrogens is 679 g/mol. The molecule has 49 heavy (non-hydrogen) atoms. The number of carbonyl (C=O) groups excluding carboxylic acids is 1. The van der Waals surface area contributed by atoms with Crippen LogP contribution in [0.1, 0.15) is 35.4 Å². The van der Waals surface area contributed by atoms with E-state index in [0.29, 0.717) is 35.3 Å². The lowest BCUT2D eigenvalue weighted by Gasteiger charge is -2.38. The van der Waals surface area contributed by atoms with E-state index in [4.69, 9.17) is 0 Å². The Morgan fingerprint density at radius 2 is 1.69 bits per heavy atom. The van der Waals surface area contributed by atoms with Crippen LogP contribution in [0.4, 0.5) is 23.2 Å². The molecule has 2 aromatic carbocycles. The summed E-state index contributed by atoms with van der Waals surface area (Å²) >= 11 is 1.10. The van der Waals surface area contributed by atoms with E-state index < -0.39 is 49.8 Å². The molecule has 0 aliphatic carbocycles. The predicted molar refractivity (Wildman–Crippen MR) is 179 cm³/mol. The van der Waals surface area contributed by atoms with Crippen LogP contribution in [0.5, 0.6) is 0 Å². The first-order valence-electron chi connectivity index (χ1n) is 15.4. The summed E-state index contributed by atoms with van der Waals surface area (Å²) in [5.41, 5.74) is 1.29. The fourth-order valence-corrected chi connectivity index (χ4v) is 9.46. The molecule has 4 heterocycles. The molecule has 1 aliphatic rings. The number of halogens is 4. The lowest BCUT2D eigenvalue weighted by atomic mass is 9.88. The molecule has 0 radical (unpaired) electrons. The van der Waals surface area contributed by atoms with Crippen molar-refractivity contribution >= 4 is 32.8 Å². The van der Waals surface area contributed by atoms with Crippen LogP contribution in [0, 0.1) is 23.3 Å². The highest BCUT2D eigenvalue weighted by Crippen LogP contribution is 2.37. The fraction of sp³-hybridized carbons (Fsp3) is 0.229. The van der Waals surface area contributed by atoms with Gasteiger partial charge in [0, 0.05) is 49.8 Å². The molecule has 3 N–H and O–H groups in total. The zero-order chi connectivity index (χ0) is 34.6. The monoisotopic (exact) mass is 709 g/mol. The molecule has 254 valence electrons. The first-order chi connectivity index (χ1) is 23.5. The number of benzene rings is 2. The molecule has 5 aromatic rings. The van der Waals surface area contributed by atoms with Crippen LogP contribution < -0.4 is 16.0 Å². The first-order valence-corrected chi connectivity index (χ1v) is 17.7. The molecule has 0 bridgehead atoms. The topological polar surface area (TPSA) is 113 Å². The number of amides is 1. The van der Waals surface area contributed by atoms with Gasteiger partial charge in [0.2, 0.25) is 15.7 Å². The smallest absolute Gasteiger partial charge is 0.225 e. The van der Waals surface area contributed by atoms with Gasteiger partial charge in [-0.1, -0.05) is 18.2 Å². The van der Waals surface area contributed by atoms with Gasteiger partial charge < -0.3 is 10.6 Å². The summed E-state index contributed by atoms with van der Waals surface area (Å²) in [6, 6.07) is 16.7. The van der Waals surface area contributed by atoms with E-state index in [-0.39, 0.29) is 46.8 Å². The molecule has 14 heteroatoms. The summed E-state index contributed by atoms with van der Waals surface area (Å²) in [7, 11) is -4.01. The lowest BCUT2D eigenvalue weighted by Crippen LogP contribution is -2.63. The van der Waals surface area contributed by atoms with E-state index in [1.807, 2.05) is 6.07 Å². The van der Waals surface area contributed by atoms with Gasteiger partial charge in [-0.2, -0.15) is 0 Å². The van der Waals surface area contributed by atoms with Crippen LogP contribution in [0.25, 0.3) is 10.6 Å². The predicted octanol–water partition coefficient (Wildman–Crippen LogP) is 6.22. The molecule has 1 amide bonds. The Morgan fingerprint density at radius 1 is 0.918 bits per heavy atom. The quantitative estimate of drug-likeness (QED) is 0.140. The summed E-state index contributed by atoms with van der Waals surface area (Å²) < 4.78 is 86.0. The normalized spacial score (nSPS) is 17.1. The number of nitrogens with one attached hydrogen (secondary N) is 3. The van der Waals surface area contributed by atoms with Crippen molar-refractivity contribution < 1.29 is 30.8 Å². The zero-order valence-electron chi connectivity index (χ0n) is 25.9. The minimum Gasteiger partial charge on any atom is -0.324 e. The van der Waals surface area contributed by atoms with E-state index in [2.05, 4.69) is 25.9 Å². The number of aromatic nitrogens is 2. The summed E-state index contributed by atoms with van der Waals surface area (Å²) in [6.07, 6.45) is 3.40. The van der Waals surface area contributed by atoms with E-state index in [1.54, 1.807) is 30.5 Å². The third-order valence-electron chi connectivity index (χ3n) is 8.44. The van der Waals surface area contributed by atoms with Gasteiger partial charge >= 0.3 is 0 Å². The average Bonchev–Trinajstić information content (AvgIpc) is 3.59. The van der Waals surface area contributed by atoms with Crippen molar-refractivity contribution in [2.45, 2.75) is 34.3 Å². The summed E-state index contributed by atoms with van der Waals surface area (Å²) in [5, 5.41) is 8.98. The second-order valence-corrected chi connectivity index (χ2v) is 15.2. The number of nitrogens with zero attached hydrogens (tertiary/aromatic N) is 2. The summed E-state index contributed by atoms with van der Waals surface area (Å²) in [5.74, 6) is -4.46. The van der Waals surface area contributed by atoms with E-state index >= 15 is 4.39 Å². The number of piperazine rings is 1. The van der Waals surface area contributed by atoms with Gasteiger partial charge in [0.25, 0.3) is 0 Å². The number of sulfone groups is 1. The Bertz CT molecular complexity index is 2040. The third kappa shape index (κ3) is 7.57. The van der Waals surface area contributed by atoms with Crippen LogP contribution in [-0.2, 0) is 21.1 Å². The summed E-state index contributed by atoms with van der Waals surface area (Å²) in [6.45, 7) is 0.950. The number of rotatable bonds is 11. The number of hydrogen-bond acceptors (Lipinski definition) is 8. The highest BCUT2D eigenvalue weighted by molar-refractivity contribution is 7.94. The van der Waals surface area contributed by atoms with Crippen LogP contribution in [0.2, 0.25) is 0 Å². The molecule has 3 aromatic heterocycles. The van der Waals surface area contributed by atoms with Gasteiger partial charge in [0.05, 0.1) is 28.7 Å². The van der Waals surface area contributed by atoms with Crippen molar-refractivity contribution in [3.05, 3.63) is 131 Å². The fourth-order valence-electron chi connectivity index (χ4n) is 5.97. The zero-order valence-corrected chi connectivity index (χ0v) is 27.6. The largest absolute Gasteiger partial charge is 0.324 e. The highest BCUT2D eigenvalue weighted by Gasteiger charge is 2.46. The van der Waals surface area contributed by atoms with Gasteiger partial charge in [0.15, 0.2) is 0 Å². The minimum atomic E-state index is -4.01. The van der Waals surface area contributed by atoms with Crippen molar-refractivity contribution in [2.24, 2.45) is 0 Å². The van der Waals surface area contributed by atoms with Crippen molar-refractivity contribution in [3.8, 4) is 10.6 Å². The van der Waals surface area contributed by atoms with Gasteiger partial charge in [0.1, 0.15) is 32.3 Å². The Kier molecular flexibility index (Phi) is 10.2. The van der Waals surface area contributed by atoms with Gasteiger partial charge in [-0.15, -0.1) is 11.3 Å². The van der Waals surface area contributed by atoms with E-state index in [0.717, 1.165) is 29.7 Å². The van der Waals surface area contributed by atoms with E-state index in [1.165, 1.54) is 30.5 Å². The molecular formula is C35H31F4N5O3S2. The van der Waals surface area contributed by atoms with Crippen molar-refractivity contribution in [3.63, 3.8) is 0 Å². The van der Waals surface area contributed by atoms with E-state index in [9.17, 15) is 26.4 Å². The van der Waals surface area contributed by atoms with Gasteiger partial charge in [-0.05, 0) is 72.5 Å². The summed E-state index contributed by atoms with van der Waals surface area (Å²) in [4.78, 5) is 20.8. The number of thiophene rings is 1. The van der Waals surface area contributed by atoms with Crippen LogP contribution in [-0.4, -0.2) is 48.8 Å². The maximum absolute atomic E-state index is 15.4. The van der Waals surface area contributed by atoms with Gasteiger partial charge in [-0.25, -0.2) is 26.0 Å². The maximum Gasteiger partial charge on any atom is 0.225 e. The van der Waals surface area contributed by atoms with Crippen molar-refractivity contribution in [1.29, 1.82) is 0 Å². The molecule has 6 rings (SSSR count). The number of anilines is 1. The number of hydrogen-bond donors (Lipinski definition) is 3. The Labute approximate surface area is 284 Å². The number of carbonyl (C=O) groups is 1. The van der Waals surface area contributed by atoms with Crippen LogP contribution in [0.3, 0.4) is 0 Å². The molecule has 2 atom stereocenters. The molecule has 1 saturated heterocycles. The van der Waals surface area contributed by atoms with Crippen molar-refractivity contribution in [2.75, 3.05) is 25.0 Å². The number of pyridine rings is 2. The van der Waals surface area contributed by atoms with Crippen molar-refractivity contribution in [1.82, 2.24) is 20.6 Å². The van der Waals surface area contributed by atoms with Crippen LogP contribution >= 0.6 is 11.3 Å². The molecule has 0 spiro atoms. The maximum atomic E-state index is 15.4. The van der Waals surface area contributed by atoms with Crippen LogP contribution in [0.15, 0.2) is 95.6 Å². The minimum absolute atomic E-state index is 0.0261. The molecule has 1 aliphatic heterocycles.